The van der Waals surface area contributed by atoms with Gasteiger partial charge in [0.05, 0.1) is 0 Å². The molecule has 1 heterocycles. The zero-order chi connectivity index (χ0) is 14.0. The Bertz CT molecular complexity index is 478. The molecule has 0 aromatic carbocycles. The Labute approximate surface area is 117 Å². The van der Waals surface area contributed by atoms with Gasteiger partial charge in [0.2, 0.25) is 5.88 Å². The van der Waals surface area contributed by atoms with E-state index in [1.165, 1.54) is 12.1 Å². The molecule has 0 spiro atoms. The van der Waals surface area contributed by atoms with Gasteiger partial charge in [-0.1, -0.05) is 25.4 Å². The van der Waals surface area contributed by atoms with Crippen molar-refractivity contribution in [2.45, 2.75) is 45.6 Å². The molecule has 5 heteroatoms. The van der Waals surface area contributed by atoms with Crippen molar-refractivity contribution in [2.24, 2.45) is 5.41 Å². The minimum atomic E-state index is -1.05. The topological polar surface area (TPSA) is 59.4 Å². The third kappa shape index (κ3) is 3.60. The maximum absolute atomic E-state index is 11.1. The lowest BCUT2D eigenvalue weighted by molar-refractivity contribution is 0.0669. The van der Waals surface area contributed by atoms with E-state index < -0.39 is 5.97 Å². The molecule has 4 nitrogen and oxygen atoms in total. The van der Waals surface area contributed by atoms with Crippen LogP contribution in [0.2, 0.25) is 5.15 Å². The molecule has 0 radical (unpaired) electrons. The van der Waals surface area contributed by atoms with Crippen LogP contribution in [0.4, 0.5) is 0 Å². The summed E-state index contributed by atoms with van der Waals surface area (Å²) in [5.74, 6) is -0.917. The van der Waals surface area contributed by atoms with E-state index in [2.05, 4.69) is 18.8 Å². The van der Waals surface area contributed by atoms with Crippen molar-refractivity contribution < 1.29 is 14.6 Å². The highest BCUT2D eigenvalue weighted by molar-refractivity contribution is 6.29. The van der Waals surface area contributed by atoms with E-state index in [1.807, 2.05) is 0 Å². The number of halogens is 1. The molecule has 1 fully saturated rings. The fourth-order valence-corrected chi connectivity index (χ4v) is 2.46. The van der Waals surface area contributed by atoms with Gasteiger partial charge in [0.1, 0.15) is 16.8 Å². The molecule has 2 rings (SSSR count). The fourth-order valence-electron chi connectivity index (χ4n) is 2.32. The van der Waals surface area contributed by atoms with E-state index in [0.29, 0.717) is 5.41 Å². The molecule has 1 aromatic heterocycles. The highest BCUT2D eigenvalue weighted by Crippen LogP contribution is 2.36. The van der Waals surface area contributed by atoms with E-state index >= 15 is 0 Å². The maximum Gasteiger partial charge on any atom is 0.341 e. The molecule has 104 valence electrons. The molecule has 19 heavy (non-hydrogen) atoms. The van der Waals surface area contributed by atoms with Gasteiger partial charge < -0.3 is 9.84 Å². The highest BCUT2D eigenvalue weighted by atomic mass is 35.5. The van der Waals surface area contributed by atoms with Crippen LogP contribution in [0.25, 0.3) is 0 Å². The average molecular weight is 284 g/mol. The van der Waals surface area contributed by atoms with E-state index in [0.717, 1.165) is 25.7 Å². The fraction of sp³-hybridized carbons (Fsp3) is 0.571. The highest BCUT2D eigenvalue weighted by Gasteiger charge is 2.29. The Morgan fingerprint density at radius 1 is 1.42 bits per heavy atom. The number of carboxylic acid groups (broad SMARTS) is 1. The van der Waals surface area contributed by atoms with Gasteiger partial charge in [-0.3, -0.25) is 0 Å². The van der Waals surface area contributed by atoms with Crippen LogP contribution in [0.5, 0.6) is 5.88 Å². The van der Waals surface area contributed by atoms with Crippen LogP contribution >= 0.6 is 11.6 Å². The quantitative estimate of drug-likeness (QED) is 0.858. The van der Waals surface area contributed by atoms with Crippen molar-refractivity contribution in [1.82, 2.24) is 4.98 Å². The lowest BCUT2D eigenvalue weighted by Gasteiger charge is -2.34. The lowest BCUT2D eigenvalue weighted by Crippen LogP contribution is -2.29. The SMILES string of the molecule is CC1(C)CCC(Oc2nc(Cl)ccc2C(=O)O)CC1. The van der Waals surface area contributed by atoms with E-state index in [1.54, 1.807) is 0 Å². The Kier molecular flexibility index (Phi) is 3.99. The zero-order valence-corrected chi connectivity index (χ0v) is 11.9. The number of pyridine rings is 1. The molecule has 1 aliphatic rings. The Hall–Kier alpha value is -1.29. The van der Waals surface area contributed by atoms with Gasteiger partial charge in [-0.25, -0.2) is 9.78 Å². The predicted molar refractivity (Wildman–Crippen MR) is 72.9 cm³/mol. The number of aromatic carboxylic acids is 1. The van der Waals surface area contributed by atoms with Crippen LogP contribution in [0.3, 0.4) is 0 Å². The van der Waals surface area contributed by atoms with E-state index in [4.69, 9.17) is 21.4 Å². The minimum Gasteiger partial charge on any atom is -0.477 e. The smallest absolute Gasteiger partial charge is 0.341 e. The molecule has 1 N–H and O–H groups in total. The molecule has 0 amide bonds. The van der Waals surface area contributed by atoms with Crippen LogP contribution in [-0.4, -0.2) is 22.2 Å². The van der Waals surface area contributed by atoms with Crippen molar-refractivity contribution in [3.8, 4) is 5.88 Å². The first-order valence-electron chi connectivity index (χ1n) is 6.44. The molecular formula is C14H18ClNO3. The van der Waals surface area contributed by atoms with Gasteiger partial charge in [-0.05, 0) is 43.2 Å². The monoisotopic (exact) mass is 283 g/mol. The van der Waals surface area contributed by atoms with Gasteiger partial charge in [-0.2, -0.15) is 0 Å². The largest absolute Gasteiger partial charge is 0.477 e. The number of hydrogen-bond donors (Lipinski definition) is 1. The molecule has 0 aliphatic heterocycles. The summed E-state index contributed by atoms with van der Waals surface area (Å²) >= 11 is 5.80. The molecule has 0 unspecified atom stereocenters. The van der Waals surface area contributed by atoms with Gasteiger partial charge in [-0.15, -0.1) is 0 Å². The Morgan fingerprint density at radius 3 is 2.63 bits per heavy atom. The second-order valence-electron chi connectivity index (χ2n) is 5.77. The summed E-state index contributed by atoms with van der Waals surface area (Å²) in [6, 6.07) is 2.89. The summed E-state index contributed by atoms with van der Waals surface area (Å²) in [6.45, 7) is 4.48. The van der Waals surface area contributed by atoms with Crippen LogP contribution in [-0.2, 0) is 0 Å². The third-order valence-electron chi connectivity index (χ3n) is 3.62. The summed E-state index contributed by atoms with van der Waals surface area (Å²) in [6.07, 6.45) is 4.00. The summed E-state index contributed by atoms with van der Waals surface area (Å²) in [5.41, 5.74) is 0.409. The minimum absolute atomic E-state index is 0.0251. The molecule has 0 atom stereocenters. The number of nitrogens with zero attached hydrogens (tertiary/aromatic N) is 1. The van der Waals surface area contributed by atoms with Crippen molar-refractivity contribution in [3.05, 3.63) is 22.8 Å². The number of ether oxygens (including phenoxy) is 1. The number of hydrogen-bond acceptors (Lipinski definition) is 3. The lowest BCUT2D eigenvalue weighted by atomic mass is 9.76. The van der Waals surface area contributed by atoms with Crippen LogP contribution in [0, 0.1) is 5.41 Å². The third-order valence-corrected chi connectivity index (χ3v) is 3.83. The summed E-state index contributed by atoms with van der Waals surface area (Å²) in [5, 5.41) is 9.35. The molecule has 0 bridgehead atoms. The predicted octanol–water partition coefficient (Wildman–Crippen LogP) is 3.78. The second-order valence-corrected chi connectivity index (χ2v) is 6.16. The molecule has 0 saturated heterocycles. The number of aromatic nitrogens is 1. The number of carboxylic acids is 1. The Morgan fingerprint density at radius 2 is 2.05 bits per heavy atom. The first-order valence-corrected chi connectivity index (χ1v) is 6.82. The van der Waals surface area contributed by atoms with Crippen molar-refractivity contribution >= 4 is 17.6 Å². The number of carbonyl (C=O) groups is 1. The van der Waals surface area contributed by atoms with Gasteiger partial charge in [0.25, 0.3) is 0 Å². The van der Waals surface area contributed by atoms with Crippen LogP contribution in [0.1, 0.15) is 49.9 Å². The van der Waals surface area contributed by atoms with E-state index in [9.17, 15) is 4.79 Å². The zero-order valence-electron chi connectivity index (χ0n) is 11.1. The molecule has 1 aromatic rings. The summed E-state index contributed by atoms with van der Waals surface area (Å²) in [7, 11) is 0. The van der Waals surface area contributed by atoms with E-state index in [-0.39, 0.29) is 22.7 Å². The summed E-state index contributed by atoms with van der Waals surface area (Å²) in [4.78, 5) is 15.1. The molecule has 1 saturated carbocycles. The second kappa shape index (κ2) is 5.37. The maximum atomic E-state index is 11.1. The van der Waals surface area contributed by atoms with Crippen LogP contribution < -0.4 is 4.74 Å². The van der Waals surface area contributed by atoms with Crippen molar-refractivity contribution in [2.75, 3.05) is 0 Å². The average Bonchev–Trinajstić information content (AvgIpc) is 2.31. The first kappa shape index (κ1) is 14.1. The van der Waals surface area contributed by atoms with Gasteiger partial charge >= 0.3 is 5.97 Å². The van der Waals surface area contributed by atoms with Crippen molar-refractivity contribution in [3.63, 3.8) is 0 Å². The van der Waals surface area contributed by atoms with Crippen molar-refractivity contribution in [1.29, 1.82) is 0 Å². The van der Waals surface area contributed by atoms with Crippen LogP contribution in [0.15, 0.2) is 12.1 Å². The van der Waals surface area contributed by atoms with Gasteiger partial charge in [0.15, 0.2) is 0 Å². The first-order chi connectivity index (χ1) is 8.87. The number of rotatable bonds is 3. The molecular weight excluding hydrogens is 266 g/mol. The van der Waals surface area contributed by atoms with Gasteiger partial charge in [0, 0.05) is 0 Å². The normalized spacial score (nSPS) is 19.1. The Balaban J connectivity index is 2.11. The summed E-state index contributed by atoms with van der Waals surface area (Å²) < 4.78 is 5.75. The standard InChI is InChI=1S/C14H18ClNO3/c1-14(2)7-5-9(6-8-14)19-12-10(13(17)18)3-4-11(15)16-12/h3-4,9H,5-8H2,1-2H3,(H,17,18). The molecule has 1 aliphatic carbocycles.